The van der Waals surface area contributed by atoms with E-state index in [2.05, 4.69) is 37.2 Å². The largest absolute Gasteiger partial charge is 0.468 e. The highest BCUT2D eigenvalue weighted by molar-refractivity contribution is 9.13. The Kier molecular flexibility index (Phi) is 6.85. The summed E-state index contributed by atoms with van der Waals surface area (Å²) in [6.07, 6.45) is 0. The normalized spacial score (nSPS) is 12.2. The molecular formula is C12H15Br2NO3. The first kappa shape index (κ1) is 15.6. The molecule has 0 saturated heterocycles. The van der Waals surface area contributed by atoms with Gasteiger partial charge in [0.05, 0.1) is 13.7 Å². The fraction of sp³-hybridized carbons (Fsp3) is 0.417. The van der Waals surface area contributed by atoms with Crippen LogP contribution in [0.2, 0.25) is 0 Å². The van der Waals surface area contributed by atoms with Crippen molar-refractivity contribution in [2.24, 2.45) is 0 Å². The van der Waals surface area contributed by atoms with E-state index in [1.165, 1.54) is 7.11 Å². The lowest BCUT2D eigenvalue weighted by Crippen LogP contribution is -2.32. The van der Waals surface area contributed by atoms with Crippen molar-refractivity contribution in [3.63, 3.8) is 0 Å². The van der Waals surface area contributed by atoms with E-state index in [0.717, 1.165) is 14.5 Å². The standard InChI is InChI=1S/C12H15Br2NO3/c1-17-6-5-15-11(12(16)18-2)8-3-4-9(13)10(14)7-8/h3-4,7,11,15H,5-6H2,1-2H3. The van der Waals surface area contributed by atoms with Crippen LogP contribution in [0.1, 0.15) is 11.6 Å². The van der Waals surface area contributed by atoms with Crippen LogP contribution >= 0.6 is 31.9 Å². The van der Waals surface area contributed by atoms with Crippen molar-refractivity contribution in [1.29, 1.82) is 0 Å². The summed E-state index contributed by atoms with van der Waals surface area (Å²) in [7, 11) is 2.99. The van der Waals surface area contributed by atoms with Gasteiger partial charge >= 0.3 is 5.97 Å². The Bertz CT molecular complexity index is 412. The topological polar surface area (TPSA) is 47.6 Å². The van der Waals surface area contributed by atoms with Crippen molar-refractivity contribution in [2.75, 3.05) is 27.4 Å². The monoisotopic (exact) mass is 379 g/mol. The van der Waals surface area contributed by atoms with Gasteiger partial charge in [-0.15, -0.1) is 0 Å². The van der Waals surface area contributed by atoms with E-state index in [1.54, 1.807) is 7.11 Å². The number of halogens is 2. The fourth-order valence-electron chi connectivity index (χ4n) is 1.45. The Labute approximate surface area is 123 Å². The van der Waals surface area contributed by atoms with Gasteiger partial charge in [-0.05, 0) is 49.6 Å². The minimum absolute atomic E-state index is 0.319. The van der Waals surface area contributed by atoms with Crippen LogP contribution in [0.4, 0.5) is 0 Å². The summed E-state index contributed by atoms with van der Waals surface area (Å²) in [6, 6.07) is 5.14. The molecule has 0 amide bonds. The van der Waals surface area contributed by atoms with Gasteiger partial charge in [0.1, 0.15) is 6.04 Å². The van der Waals surface area contributed by atoms with Crippen molar-refractivity contribution >= 4 is 37.8 Å². The molecule has 1 aromatic carbocycles. The number of hydrogen-bond acceptors (Lipinski definition) is 4. The van der Waals surface area contributed by atoms with Crippen molar-refractivity contribution < 1.29 is 14.3 Å². The SMILES string of the molecule is COCCNC(C(=O)OC)c1ccc(Br)c(Br)c1. The number of esters is 1. The van der Waals surface area contributed by atoms with E-state index in [1.807, 2.05) is 18.2 Å². The average Bonchev–Trinajstić information content (AvgIpc) is 2.37. The van der Waals surface area contributed by atoms with Crippen molar-refractivity contribution in [3.8, 4) is 0 Å². The maximum Gasteiger partial charge on any atom is 0.327 e. The minimum atomic E-state index is -0.491. The van der Waals surface area contributed by atoms with Crippen LogP contribution in [-0.4, -0.2) is 33.3 Å². The molecule has 0 aliphatic rings. The third-order valence-corrected chi connectivity index (χ3v) is 4.25. The predicted octanol–water partition coefficient (Wildman–Crippen LogP) is 2.66. The first-order chi connectivity index (χ1) is 8.60. The number of carbonyl (C=O) groups is 1. The Hall–Kier alpha value is -0.430. The zero-order chi connectivity index (χ0) is 13.5. The quantitative estimate of drug-likeness (QED) is 0.608. The lowest BCUT2D eigenvalue weighted by molar-refractivity contribution is -0.143. The van der Waals surface area contributed by atoms with Crippen molar-refractivity contribution in [3.05, 3.63) is 32.7 Å². The Morgan fingerprint density at radius 2 is 2.06 bits per heavy atom. The Morgan fingerprint density at radius 3 is 2.61 bits per heavy atom. The highest BCUT2D eigenvalue weighted by Crippen LogP contribution is 2.26. The zero-order valence-electron chi connectivity index (χ0n) is 10.2. The lowest BCUT2D eigenvalue weighted by Gasteiger charge is -2.17. The molecule has 0 heterocycles. The van der Waals surface area contributed by atoms with E-state index in [-0.39, 0.29) is 5.97 Å². The van der Waals surface area contributed by atoms with Crippen molar-refractivity contribution in [2.45, 2.75) is 6.04 Å². The van der Waals surface area contributed by atoms with Crippen LogP contribution in [0.5, 0.6) is 0 Å². The molecule has 0 spiro atoms. The van der Waals surface area contributed by atoms with Gasteiger partial charge in [0, 0.05) is 22.6 Å². The summed E-state index contributed by atoms with van der Waals surface area (Å²) in [5, 5.41) is 3.10. The van der Waals surface area contributed by atoms with Gasteiger partial charge in [-0.25, -0.2) is 4.79 Å². The third-order valence-electron chi connectivity index (χ3n) is 2.37. The number of benzene rings is 1. The van der Waals surface area contributed by atoms with E-state index in [9.17, 15) is 4.79 Å². The molecule has 1 N–H and O–H groups in total. The van der Waals surface area contributed by atoms with Gasteiger partial charge in [0.2, 0.25) is 0 Å². The summed E-state index contributed by atoms with van der Waals surface area (Å²) in [5.74, 6) is -0.319. The molecule has 6 heteroatoms. The molecule has 0 bridgehead atoms. The van der Waals surface area contributed by atoms with Crippen LogP contribution < -0.4 is 5.32 Å². The van der Waals surface area contributed by atoms with Gasteiger partial charge in [-0.1, -0.05) is 6.07 Å². The second kappa shape index (κ2) is 7.89. The summed E-state index contributed by atoms with van der Waals surface area (Å²) < 4.78 is 11.6. The van der Waals surface area contributed by atoms with Gasteiger partial charge < -0.3 is 9.47 Å². The molecule has 0 fully saturated rings. The first-order valence-corrected chi connectivity index (χ1v) is 6.93. The van der Waals surface area contributed by atoms with E-state index < -0.39 is 6.04 Å². The molecular weight excluding hydrogens is 366 g/mol. The zero-order valence-corrected chi connectivity index (χ0v) is 13.4. The second-order valence-electron chi connectivity index (χ2n) is 3.58. The number of rotatable bonds is 6. The number of carbonyl (C=O) groups excluding carboxylic acids is 1. The fourth-order valence-corrected chi connectivity index (χ4v) is 2.10. The number of ether oxygens (including phenoxy) is 2. The summed E-state index contributed by atoms with van der Waals surface area (Å²) in [5.41, 5.74) is 0.841. The summed E-state index contributed by atoms with van der Waals surface area (Å²) in [6.45, 7) is 1.11. The third kappa shape index (κ3) is 4.35. The molecule has 0 saturated carbocycles. The van der Waals surface area contributed by atoms with Gasteiger partial charge in [-0.3, -0.25) is 5.32 Å². The van der Waals surface area contributed by atoms with Crippen LogP contribution in [0.3, 0.4) is 0 Å². The number of methoxy groups -OCH3 is 2. The predicted molar refractivity (Wildman–Crippen MR) is 76.5 cm³/mol. The molecule has 1 atom stereocenters. The van der Waals surface area contributed by atoms with Gasteiger partial charge in [0.25, 0.3) is 0 Å². The molecule has 1 unspecified atom stereocenters. The lowest BCUT2D eigenvalue weighted by atomic mass is 10.1. The smallest absolute Gasteiger partial charge is 0.327 e. The average molecular weight is 381 g/mol. The first-order valence-electron chi connectivity index (χ1n) is 5.35. The van der Waals surface area contributed by atoms with Crippen LogP contribution in [0.15, 0.2) is 27.1 Å². The molecule has 100 valence electrons. The Balaban J connectivity index is 2.87. The molecule has 4 nitrogen and oxygen atoms in total. The van der Waals surface area contributed by atoms with Crippen LogP contribution in [-0.2, 0) is 14.3 Å². The van der Waals surface area contributed by atoms with Crippen molar-refractivity contribution in [1.82, 2.24) is 5.32 Å². The maximum atomic E-state index is 11.8. The highest BCUT2D eigenvalue weighted by Gasteiger charge is 2.21. The maximum absolute atomic E-state index is 11.8. The van der Waals surface area contributed by atoms with Gasteiger partial charge in [0.15, 0.2) is 0 Å². The van der Waals surface area contributed by atoms with Gasteiger partial charge in [-0.2, -0.15) is 0 Å². The molecule has 18 heavy (non-hydrogen) atoms. The van der Waals surface area contributed by atoms with E-state index >= 15 is 0 Å². The highest BCUT2D eigenvalue weighted by atomic mass is 79.9. The molecule has 0 radical (unpaired) electrons. The van der Waals surface area contributed by atoms with Crippen LogP contribution in [0.25, 0.3) is 0 Å². The van der Waals surface area contributed by atoms with E-state index in [4.69, 9.17) is 9.47 Å². The Morgan fingerprint density at radius 1 is 1.33 bits per heavy atom. The van der Waals surface area contributed by atoms with Crippen LogP contribution in [0, 0.1) is 0 Å². The number of nitrogens with one attached hydrogen (secondary N) is 1. The molecule has 1 rings (SSSR count). The summed E-state index contributed by atoms with van der Waals surface area (Å²) in [4.78, 5) is 11.8. The molecule has 0 aliphatic heterocycles. The number of hydrogen-bond donors (Lipinski definition) is 1. The summed E-state index contributed by atoms with van der Waals surface area (Å²) >= 11 is 6.81. The second-order valence-corrected chi connectivity index (χ2v) is 5.29. The molecule has 1 aromatic rings. The molecule has 0 aromatic heterocycles. The minimum Gasteiger partial charge on any atom is -0.468 e. The molecule has 0 aliphatic carbocycles. The van der Waals surface area contributed by atoms with E-state index in [0.29, 0.717) is 13.2 Å².